The third kappa shape index (κ3) is 3.62. The number of nitrogen functional groups attached to an aromatic ring is 1. The first-order valence-electron chi connectivity index (χ1n) is 8.85. The van der Waals surface area contributed by atoms with Gasteiger partial charge in [-0.2, -0.15) is 0 Å². The van der Waals surface area contributed by atoms with E-state index in [1.807, 2.05) is 49.1 Å². The molecular formula is C19H27N5O. The fraction of sp³-hybridized carbons (Fsp3) is 0.474. The molecule has 1 saturated carbocycles. The average molecular weight is 341 g/mol. The minimum atomic E-state index is -0.0245. The molecule has 1 aliphatic carbocycles. The molecule has 2 N–H and O–H groups in total. The normalized spacial score (nSPS) is 15.2. The van der Waals surface area contributed by atoms with Crippen LogP contribution in [0.2, 0.25) is 0 Å². The maximum atomic E-state index is 12.7. The van der Waals surface area contributed by atoms with E-state index in [1.165, 1.54) is 19.3 Å². The van der Waals surface area contributed by atoms with E-state index in [9.17, 15) is 4.79 Å². The van der Waals surface area contributed by atoms with Crippen molar-refractivity contribution < 1.29 is 4.79 Å². The SMILES string of the molecule is CN(C)c1ccc(-c2cn(C(=O)N(C)C3CCCCC3)cn2)cc1N. The molecule has 6 heteroatoms. The quantitative estimate of drug-likeness (QED) is 0.869. The van der Waals surface area contributed by atoms with Gasteiger partial charge >= 0.3 is 6.03 Å². The molecule has 0 aliphatic heterocycles. The number of amides is 1. The topological polar surface area (TPSA) is 67.4 Å². The maximum Gasteiger partial charge on any atom is 0.329 e. The number of hydrogen-bond donors (Lipinski definition) is 1. The van der Waals surface area contributed by atoms with E-state index in [0.717, 1.165) is 29.8 Å². The van der Waals surface area contributed by atoms with Crippen molar-refractivity contribution in [3.05, 3.63) is 30.7 Å². The smallest absolute Gasteiger partial charge is 0.329 e. The first kappa shape index (κ1) is 17.3. The van der Waals surface area contributed by atoms with Gasteiger partial charge in [-0.15, -0.1) is 0 Å². The Labute approximate surface area is 149 Å². The van der Waals surface area contributed by atoms with Crippen LogP contribution in [0.5, 0.6) is 0 Å². The van der Waals surface area contributed by atoms with Gasteiger partial charge in [-0.05, 0) is 25.0 Å². The number of hydrogen-bond acceptors (Lipinski definition) is 4. The predicted octanol–water partition coefficient (Wildman–Crippen LogP) is 3.43. The Morgan fingerprint density at radius 3 is 2.56 bits per heavy atom. The highest BCUT2D eigenvalue weighted by molar-refractivity contribution is 5.79. The van der Waals surface area contributed by atoms with Gasteiger partial charge < -0.3 is 15.5 Å². The fourth-order valence-corrected chi connectivity index (χ4v) is 3.50. The summed E-state index contributed by atoms with van der Waals surface area (Å²) in [4.78, 5) is 20.9. The summed E-state index contributed by atoms with van der Waals surface area (Å²) in [5.74, 6) is 0. The van der Waals surface area contributed by atoms with Gasteiger partial charge in [-0.25, -0.2) is 9.78 Å². The van der Waals surface area contributed by atoms with Gasteiger partial charge in [0.05, 0.1) is 17.1 Å². The molecule has 0 saturated heterocycles. The van der Waals surface area contributed by atoms with Crippen molar-refractivity contribution in [2.75, 3.05) is 31.8 Å². The van der Waals surface area contributed by atoms with Crippen molar-refractivity contribution in [3.63, 3.8) is 0 Å². The van der Waals surface area contributed by atoms with E-state index in [0.29, 0.717) is 11.7 Å². The van der Waals surface area contributed by atoms with Crippen molar-refractivity contribution in [2.24, 2.45) is 0 Å². The summed E-state index contributed by atoms with van der Waals surface area (Å²) in [6.07, 6.45) is 9.24. The van der Waals surface area contributed by atoms with Gasteiger partial charge in [-0.3, -0.25) is 4.57 Å². The molecule has 0 spiro atoms. The van der Waals surface area contributed by atoms with Crippen LogP contribution in [0.3, 0.4) is 0 Å². The molecule has 0 atom stereocenters. The second-order valence-electron chi connectivity index (χ2n) is 7.02. The van der Waals surface area contributed by atoms with Crippen LogP contribution in [-0.4, -0.2) is 47.7 Å². The molecule has 1 aliphatic rings. The summed E-state index contributed by atoms with van der Waals surface area (Å²) < 4.78 is 1.57. The molecule has 0 unspecified atom stereocenters. The van der Waals surface area contributed by atoms with Gasteiger partial charge in [0.25, 0.3) is 0 Å². The highest BCUT2D eigenvalue weighted by Gasteiger charge is 2.23. The van der Waals surface area contributed by atoms with E-state index in [-0.39, 0.29) is 6.03 Å². The second kappa shape index (κ2) is 7.17. The van der Waals surface area contributed by atoms with Gasteiger partial charge in [0.2, 0.25) is 0 Å². The average Bonchev–Trinajstić information content (AvgIpc) is 3.11. The third-order valence-electron chi connectivity index (χ3n) is 5.03. The molecule has 134 valence electrons. The number of anilines is 2. The Bertz CT molecular complexity index is 746. The van der Waals surface area contributed by atoms with Crippen LogP contribution in [0.25, 0.3) is 11.3 Å². The lowest BCUT2D eigenvalue weighted by Gasteiger charge is -2.31. The number of carbonyl (C=O) groups is 1. The molecule has 2 aromatic rings. The number of nitrogens with two attached hydrogens (primary N) is 1. The lowest BCUT2D eigenvalue weighted by molar-refractivity contribution is 0.175. The molecule has 25 heavy (non-hydrogen) atoms. The maximum absolute atomic E-state index is 12.7. The molecule has 1 fully saturated rings. The van der Waals surface area contributed by atoms with E-state index in [1.54, 1.807) is 17.1 Å². The van der Waals surface area contributed by atoms with Crippen LogP contribution in [0.15, 0.2) is 30.7 Å². The van der Waals surface area contributed by atoms with Gasteiger partial charge in [0.15, 0.2) is 0 Å². The molecular weight excluding hydrogens is 314 g/mol. The first-order valence-corrected chi connectivity index (χ1v) is 8.85. The third-order valence-corrected chi connectivity index (χ3v) is 5.03. The summed E-state index contributed by atoms with van der Waals surface area (Å²) in [7, 11) is 5.81. The second-order valence-corrected chi connectivity index (χ2v) is 7.02. The molecule has 1 amide bonds. The molecule has 1 heterocycles. The molecule has 3 rings (SSSR count). The number of aromatic nitrogens is 2. The van der Waals surface area contributed by atoms with E-state index in [2.05, 4.69) is 4.98 Å². The molecule has 0 bridgehead atoms. The number of rotatable bonds is 3. The minimum absolute atomic E-state index is 0.0245. The zero-order chi connectivity index (χ0) is 18.0. The van der Waals surface area contributed by atoms with Crippen LogP contribution in [0.1, 0.15) is 32.1 Å². The largest absolute Gasteiger partial charge is 0.397 e. The summed E-state index contributed by atoms with van der Waals surface area (Å²) in [6.45, 7) is 0. The van der Waals surface area contributed by atoms with E-state index < -0.39 is 0 Å². The zero-order valence-corrected chi connectivity index (χ0v) is 15.3. The molecule has 6 nitrogen and oxygen atoms in total. The van der Waals surface area contributed by atoms with Gasteiger partial charge in [0, 0.05) is 38.9 Å². The summed E-state index contributed by atoms with van der Waals surface area (Å²) >= 11 is 0. The minimum Gasteiger partial charge on any atom is -0.397 e. The van der Waals surface area contributed by atoms with E-state index >= 15 is 0 Å². The van der Waals surface area contributed by atoms with E-state index in [4.69, 9.17) is 5.73 Å². The summed E-state index contributed by atoms with van der Waals surface area (Å²) in [5.41, 5.74) is 9.45. The highest BCUT2D eigenvalue weighted by Crippen LogP contribution is 2.28. The Kier molecular flexibility index (Phi) is 4.97. The monoisotopic (exact) mass is 341 g/mol. The predicted molar refractivity (Wildman–Crippen MR) is 102 cm³/mol. The molecule has 1 aromatic carbocycles. The van der Waals surface area contributed by atoms with Crippen molar-refractivity contribution in [1.29, 1.82) is 0 Å². The van der Waals surface area contributed by atoms with Crippen molar-refractivity contribution >= 4 is 17.4 Å². The lowest BCUT2D eigenvalue weighted by Crippen LogP contribution is -2.40. The number of benzene rings is 1. The summed E-state index contributed by atoms with van der Waals surface area (Å²) in [5, 5.41) is 0. The van der Waals surface area contributed by atoms with Crippen LogP contribution < -0.4 is 10.6 Å². The van der Waals surface area contributed by atoms with Crippen LogP contribution >= 0.6 is 0 Å². The Morgan fingerprint density at radius 1 is 1.20 bits per heavy atom. The van der Waals surface area contributed by atoms with Gasteiger partial charge in [0.1, 0.15) is 6.33 Å². The Hall–Kier alpha value is -2.50. The highest BCUT2D eigenvalue weighted by atomic mass is 16.2. The van der Waals surface area contributed by atoms with Crippen LogP contribution in [-0.2, 0) is 0 Å². The number of carbonyl (C=O) groups excluding carboxylic acids is 1. The van der Waals surface area contributed by atoms with Gasteiger partial charge in [-0.1, -0.05) is 25.3 Å². The molecule has 1 aromatic heterocycles. The lowest BCUT2D eigenvalue weighted by atomic mass is 9.95. The van der Waals surface area contributed by atoms with Crippen LogP contribution in [0.4, 0.5) is 16.2 Å². The van der Waals surface area contributed by atoms with Crippen molar-refractivity contribution in [1.82, 2.24) is 14.5 Å². The number of nitrogens with zero attached hydrogens (tertiary/aromatic N) is 4. The Morgan fingerprint density at radius 2 is 1.92 bits per heavy atom. The number of imidazole rings is 1. The van der Waals surface area contributed by atoms with Crippen molar-refractivity contribution in [2.45, 2.75) is 38.1 Å². The standard InChI is InChI=1S/C19H27N5O/c1-22(2)18-10-9-14(11-16(18)20)17-12-24(13-21-17)19(25)23(3)15-7-5-4-6-8-15/h9-13,15H,4-8,20H2,1-3H3. The fourth-order valence-electron chi connectivity index (χ4n) is 3.50. The first-order chi connectivity index (χ1) is 12.0. The van der Waals surface area contributed by atoms with Crippen molar-refractivity contribution in [3.8, 4) is 11.3 Å². The van der Waals surface area contributed by atoms with Crippen LogP contribution in [0, 0.1) is 0 Å². The molecule has 0 radical (unpaired) electrons. The summed E-state index contributed by atoms with van der Waals surface area (Å²) in [6, 6.07) is 6.16. The zero-order valence-electron chi connectivity index (χ0n) is 15.3. The Balaban J connectivity index is 1.77.